The lowest BCUT2D eigenvalue weighted by atomic mass is 10.2. The van der Waals surface area contributed by atoms with E-state index in [9.17, 15) is 9.18 Å². The molecule has 0 aliphatic heterocycles. The smallest absolute Gasteiger partial charge is 0.252 e. The van der Waals surface area contributed by atoms with Crippen LogP contribution >= 0.6 is 22.6 Å². The van der Waals surface area contributed by atoms with Crippen LogP contribution in [0.5, 0.6) is 0 Å². The summed E-state index contributed by atoms with van der Waals surface area (Å²) < 4.78 is 13.3. The number of benzene rings is 1. The maximum absolute atomic E-state index is 12.8. The van der Waals surface area contributed by atoms with Gasteiger partial charge < -0.3 is 5.73 Å². The van der Waals surface area contributed by atoms with E-state index in [1.54, 1.807) is 6.07 Å². The lowest BCUT2D eigenvalue weighted by Gasteiger charge is -1.99. The molecule has 4 heteroatoms. The van der Waals surface area contributed by atoms with Crippen molar-refractivity contribution >= 4 is 28.5 Å². The summed E-state index contributed by atoms with van der Waals surface area (Å²) in [5.41, 5.74) is 4.90. The Kier molecular flexibility index (Phi) is 2.43. The van der Waals surface area contributed by atoms with Gasteiger partial charge in [0.1, 0.15) is 5.82 Å². The fourth-order valence-corrected chi connectivity index (χ4v) is 1.46. The van der Waals surface area contributed by atoms with Crippen LogP contribution in [0.4, 0.5) is 4.39 Å². The molecule has 0 unspecified atom stereocenters. The van der Waals surface area contributed by atoms with Gasteiger partial charge >= 0.3 is 0 Å². The van der Waals surface area contributed by atoms with Gasteiger partial charge in [0.05, 0.1) is 5.56 Å². The molecule has 0 saturated carbocycles. The zero-order valence-corrected chi connectivity index (χ0v) is 7.63. The molecule has 0 fully saturated rings. The lowest BCUT2D eigenvalue weighted by Crippen LogP contribution is -2.14. The van der Waals surface area contributed by atoms with Crippen LogP contribution in [0.25, 0.3) is 0 Å². The predicted octanol–water partition coefficient (Wildman–Crippen LogP) is 1.53. The number of primary amides is 1. The molecule has 58 valence electrons. The molecule has 1 rings (SSSR count). The molecule has 1 amide bonds. The minimum absolute atomic E-state index is 0.0342. The molecule has 0 bridgehead atoms. The highest BCUT2D eigenvalue weighted by Crippen LogP contribution is 2.14. The van der Waals surface area contributed by atoms with E-state index in [1.807, 2.05) is 22.6 Å². The van der Waals surface area contributed by atoms with Crippen LogP contribution in [0.2, 0.25) is 0 Å². The molecule has 0 aliphatic carbocycles. The first kappa shape index (κ1) is 8.45. The van der Waals surface area contributed by atoms with E-state index in [2.05, 4.69) is 0 Å². The molecule has 1 aromatic carbocycles. The molecule has 2 nitrogen and oxygen atoms in total. The zero-order chi connectivity index (χ0) is 8.43. The first-order valence-corrected chi connectivity index (χ1v) is 3.94. The molecule has 0 aliphatic rings. The summed E-state index contributed by atoms with van der Waals surface area (Å²) in [6.07, 6.45) is 0. The van der Waals surface area contributed by atoms with Crippen molar-refractivity contribution in [3.63, 3.8) is 0 Å². The predicted molar refractivity (Wildman–Crippen MR) is 47.6 cm³/mol. The first-order chi connectivity index (χ1) is 5.13. The fraction of sp³-hybridized carbons (Fsp3) is 0. The first-order valence-electron chi connectivity index (χ1n) is 2.86. The number of carbonyl (C=O) groups is 1. The SMILES string of the molecule is NC(=O)c1c(F)cccc1I. The average molecular weight is 265 g/mol. The van der Waals surface area contributed by atoms with Crippen molar-refractivity contribution in [1.29, 1.82) is 0 Å². The third kappa shape index (κ3) is 1.68. The van der Waals surface area contributed by atoms with Crippen molar-refractivity contribution in [2.75, 3.05) is 0 Å². The Morgan fingerprint density at radius 1 is 1.55 bits per heavy atom. The number of rotatable bonds is 1. The third-order valence-electron chi connectivity index (χ3n) is 1.21. The lowest BCUT2D eigenvalue weighted by molar-refractivity contribution is 0.0995. The van der Waals surface area contributed by atoms with Crippen molar-refractivity contribution in [3.8, 4) is 0 Å². The maximum Gasteiger partial charge on any atom is 0.252 e. The van der Waals surface area contributed by atoms with Crippen LogP contribution in [0, 0.1) is 9.39 Å². The highest BCUT2D eigenvalue weighted by molar-refractivity contribution is 14.1. The van der Waals surface area contributed by atoms with E-state index >= 15 is 0 Å². The molecule has 0 atom stereocenters. The van der Waals surface area contributed by atoms with Crippen LogP contribution in [-0.2, 0) is 0 Å². The van der Waals surface area contributed by atoms with Gasteiger partial charge in [-0.1, -0.05) is 6.07 Å². The van der Waals surface area contributed by atoms with E-state index in [0.717, 1.165) is 0 Å². The summed E-state index contributed by atoms with van der Waals surface area (Å²) in [5, 5.41) is 0. The van der Waals surface area contributed by atoms with Gasteiger partial charge in [-0.25, -0.2) is 4.39 Å². The molecule has 11 heavy (non-hydrogen) atoms. The van der Waals surface area contributed by atoms with Gasteiger partial charge in [-0.2, -0.15) is 0 Å². The Balaban J connectivity index is 3.32. The van der Waals surface area contributed by atoms with Crippen LogP contribution < -0.4 is 5.73 Å². The van der Waals surface area contributed by atoms with E-state index in [0.29, 0.717) is 3.57 Å². The van der Waals surface area contributed by atoms with Crippen molar-refractivity contribution in [3.05, 3.63) is 33.1 Å². The van der Waals surface area contributed by atoms with Crippen LogP contribution in [0.1, 0.15) is 10.4 Å². The molecule has 0 spiro atoms. The van der Waals surface area contributed by atoms with E-state index < -0.39 is 11.7 Å². The number of nitrogens with two attached hydrogens (primary N) is 1. The summed E-state index contributed by atoms with van der Waals surface area (Å²) in [6.45, 7) is 0. The van der Waals surface area contributed by atoms with Gasteiger partial charge in [0.2, 0.25) is 0 Å². The zero-order valence-electron chi connectivity index (χ0n) is 5.47. The van der Waals surface area contributed by atoms with Crippen molar-refractivity contribution in [1.82, 2.24) is 0 Å². The second kappa shape index (κ2) is 3.17. The van der Waals surface area contributed by atoms with E-state index in [4.69, 9.17) is 5.73 Å². The average Bonchev–Trinajstić information content (AvgIpc) is 1.85. The van der Waals surface area contributed by atoms with E-state index in [1.165, 1.54) is 12.1 Å². The Bertz CT molecular complexity index is 280. The van der Waals surface area contributed by atoms with Gasteiger partial charge in [0.15, 0.2) is 0 Å². The topological polar surface area (TPSA) is 43.1 Å². The quantitative estimate of drug-likeness (QED) is 0.769. The summed E-state index contributed by atoms with van der Waals surface area (Å²) in [5.74, 6) is -1.29. The molecule has 0 heterocycles. The molecular formula is C7H5FINO. The van der Waals surface area contributed by atoms with Gasteiger partial charge in [-0.3, -0.25) is 4.79 Å². The standard InChI is InChI=1S/C7H5FINO/c8-4-2-1-3-5(9)6(4)7(10)11/h1-3H,(H2,10,11). The fourth-order valence-electron chi connectivity index (χ4n) is 0.733. The Labute approximate surface area is 76.7 Å². The minimum atomic E-state index is -0.729. The van der Waals surface area contributed by atoms with Crippen molar-refractivity contribution in [2.24, 2.45) is 5.73 Å². The molecular weight excluding hydrogens is 260 g/mol. The Hall–Kier alpha value is -0.650. The van der Waals surface area contributed by atoms with Crippen LogP contribution in [0.15, 0.2) is 18.2 Å². The molecule has 0 saturated heterocycles. The summed E-state index contributed by atoms with van der Waals surface area (Å²) in [7, 11) is 0. The molecule has 2 N–H and O–H groups in total. The van der Waals surface area contributed by atoms with Crippen LogP contribution in [-0.4, -0.2) is 5.91 Å². The van der Waals surface area contributed by atoms with Crippen LogP contribution in [0.3, 0.4) is 0 Å². The highest BCUT2D eigenvalue weighted by atomic mass is 127. The van der Waals surface area contributed by atoms with Gasteiger partial charge in [0.25, 0.3) is 5.91 Å². The van der Waals surface area contributed by atoms with Gasteiger partial charge in [-0.15, -0.1) is 0 Å². The maximum atomic E-state index is 12.8. The summed E-state index contributed by atoms with van der Waals surface area (Å²) in [4.78, 5) is 10.6. The molecule has 1 aromatic rings. The second-order valence-corrected chi connectivity index (χ2v) is 3.12. The minimum Gasteiger partial charge on any atom is -0.365 e. The third-order valence-corrected chi connectivity index (χ3v) is 2.11. The van der Waals surface area contributed by atoms with Gasteiger partial charge in [0, 0.05) is 3.57 Å². The Morgan fingerprint density at radius 2 is 2.18 bits per heavy atom. The monoisotopic (exact) mass is 265 g/mol. The summed E-state index contributed by atoms with van der Waals surface area (Å²) in [6, 6.07) is 4.37. The van der Waals surface area contributed by atoms with Crippen molar-refractivity contribution in [2.45, 2.75) is 0 Å². The second-order valence-electron chi connectivity index (χ2n) is 1.96. The number of halogens is 2. The normalized spacial score (nSPS) is 9.64. The number of hydrogen-bond donors (Lipinski definition) is 1. The number of carbonyl (C=O) groups excluding carboxylic acids is 1. The molecule has 0 radical (unpaired) electrons. The Morgan fingerprint density at radius 3 is 2.55 bits per heavy atom. The van der Waals surface area contributed by atoms with E-state index in [-0.39, 0.29) is 5.56 Å². The summed E-state index contributed by atoms with van der Waals surface area (Å²) >= 11 is 1.86. The van der Waals surface area contributed by atoms with Gasteiger partial charge in [-0.05, 0) is 34.7 Å². The largest absolute Gasteiger partial charge is 0.365 e. The molecule has 0 aromatic heterocycles. The highest BCUT2D eigenvalue weighted by Gasteiger charge is 2.10. The number of hydrogen-bond acceptors (Lipinski definition) is 1. The van der Waals surface area contributed by atoms with Crippen molar-refractivity contribution < 1.29 is 9.18 Å². The number of amides is 1.